The number of aromatic nitrogens is 2. The van der Waals surface area contributed by atoms with Gasteiger partial charge in [0.2, 0.25) is 5.91 Å². The van der Waals surface area contributed by atoms with Crippen LogP contribution in [0.25, 0.3) is 20.3 Å². The molecule has 8 heteroatoms. The van der Waals surface area contributed by atoms with Crippen molar-refractivity contribution in [1.82, 2.24) is 9.55 Å². The quantitative estimate of drug-likeness (QED) is 0.519. The summed E-state index contributed by atoms with van der Waals surface area (Å²) in [6.07, 6.45) is 0. The normalized spacial score (nSPS) is 11.2. The zero-order valence-electron chi connectivity index (χ0n) is 16.1. The average Bonchev–Trinajstić information content (AvgIpc) is 3.06. The Bertz CT molecular complexity index is 1330. The summed E-state index contributed by atoms with van der Waals surface area (Å²) in [6.45, 7) is 3.42. The molecular formula is C21H18ClN3O3S. The molecule has 0 spiro atoms. The highest BCUT2D eigenvalue weighted by Crippen LogP contribution is 2.32. The van der Waals surface area contributed by atoms with Crippen LogP contribution in [0.4, 0.5) is 5.69 Å². The van der Waals surface area contributed by atoms with E-state index >= 15 is 0 Å². The third-order valence-electron chi connectivity index (χ3n) is 4.73. The molecule has 0 aliphatic rings. The molecule has 1 N–H and O–H groups in total. The minimum atomic E-state index is -0.350. The second-order valence-electron chi connectivity index (χ2n) is 6.68. The monoisotopic (exact) mass is 427 g/mol. The number of hydrogen-bond acceptors (Lipinski definition) is 5. The van der Waals surface area contributed by atoms with Gasteiger partial charge in [-0.25, -0.2) is 4.98 Å². The molecule has 0 aliphatic carbocycles. The Morgan fingerprint density at radius 1 is 1.28 bits per heavy atom. The Kier molecular flexibility index (Phi) is 5.02. The van der Waals surface area contributed by atoms with Crippen molar-refractivity contribution in [3.63, 3.8) is 0 Å². The molecule has 0 radical (unpaired) electrons. The van der Waals surface area contributed by atoms with Crippen molar-refractivity contribution in [1.29, 1.82) is 0 Å². The highest BCUT2D eigenvalue weighted by atomic mass is 35.5. The Morgan fingerprint density at radius 2 is 2.03 bits per heavy atom. The number of nitrogens with one attached hydrogen (secondary N) is 1. The maximum atomic E-state index is 13.0. The summed E-state index contributed by atoms with van der Waals surface area (Å²) in [5.41, 5.74) is 1.77. The van der Waals surface area contributed by atoms with Gasteiger partial charge in [0.15, 0.2) is 0 Å². The van der Waals surface area contributed by atoms with Crippen LogP contribution < -0.4 is 15.6 Å². The maximum Gasteiger partial charge on any atom is 0.272 e. The number of fused-ring (bicyclic) bond motifs is 3. The molecule has 0 aliphatic heterocycles. The van der Waals surface area contributed by atoms with Gasteiger partial charge in [-0.1, -0.05) is 29.8 Å². The zero-order chi connectivity index (χ0) is 20.7. The lowest BCUT2D eigenvalue weighted by atomic mass is 10.2. The fourth-order valence-corrected chi connectivity index (χ4v) is 4.47. The summed E-state index contributed by atoms with van der Waals surface area (Å²) < 4.78 is 8.23. The molecule has 1 amide bonds. The van der Waals surface area contributed by atoms with Crippen LogP contribution in [0.1, 0.15) is 11.4 Å². The number of halogens is 1. The summed E-state index contributed by atoms with van der Waals surface area (Å²) >= 11 is 7.51. The van der Waals surface area contributed by atoms with Crippen LogP contribution in [0.5, 0.6) is 5.75 Å². The number of carbonyl (C=O) groups excluding carboxylic acids is 1. The fourth-order valence-electron chi connectivity index (χ4n) is 3.23. The molecule has 29 heavy (non-hydrogen) atoms. The van der Waals surface area contributed by atoms with Crippen molar-refractivity contribution >= 4 is 54.8 Å². The van der Waals surface area contributed by atoms with Crippen molar-refractivity contribution in [2.24, 2.45) is 0 Å². The molecule has 2 heterocycles. The van der Waals surface area contributed by atoms with Crippen LogP contribution >= 0.6 is 22.9 Å². The summed E-state index contributed by atoms with van der Waals surface area (Å²) in [5, 5.41) is 4.30. The first-order chi connectivity index (χ1) is 13.9. The van der Waals surface area contributed by atoms with Gasteiger partial charge in [0.25, 0.3) is 5.56 Å². The summed E-state index contributed by atoms with van der Waals surface area (Å²) in [7, 11) is 1.50. The zero-order valence-corrected chi connectivity index (χ0v) is 17.6. The summed E-state index contributed by atoms with van der Waals surface area (Å²) in [6, 6.07) is 11.1. The van der Waals surface area contributed by atoms with Crippen LogP contribution in [0.15, 0.2) is 41.2 Å². The van der Waals surface area contributed by atoms with Crippen LogP contribution in [-0.4, -0.2) is 22.6 Å². The Labute approximate surface area is 175 Å². The Hall–Kier alpha value is -2.90. The first kappa shape index (κ1) is 19.4. The lowest BCUT2D eigenvalue weighted by Gasteiger charge is -2.14. The average molecular weight is 428 g/mol. The van der Waals surface area contributed by atoms with E-state index in [1.807, 2.05) is 31.2 Å². The lowest BCUT2D eigenvalue weighted by molar-refractivity contribution is -0.116. The highest BCUT2D eigenvalue weighted by molar-refractivity contribution is 7.25. The van der Waals surface area contributed by atoms with Crippen LogP contribution in [0, 0.1) is 13.8 Å². The van der Waals surface area contributed by atoms with E-state index in [1.54, 1.807) is 19.1 Å². The van der Waals surface area contributed by atoms with Crippen molar-refractivity contribution in [2.45, 2.75) is 20.4 Å². The predicted octanol–water partition coefficient (Wildman–Crippen LogP) is 4.53. The van der Waals surface area contributed by atoms with Gasteiger partial charge in [0.1, 0.15) is 22.8 Å². The maximum absolute atomic E-state index is 13.0. The van der Waals surface area contributed by atoms with Gasteiger partial charge in [-0.2, -0.15) is 0 Å². The Balaban J connectivity index is 1.69. The molecule has 0 saturated heterocycles. The Morgan fingerprint density at radius 3 is 2.79 bits per heavy atom. The van der Waals surface area contributed by atoms with Crippen molar-refractivity contribution in [2.75, 3.05) is 12.4 Å². The first-order valence-electron chi connectivity index (χ1n) is 8.91. The van der Waals surface area contributed by atoms with Crippen molar-refractivity contribution < 1.29 is 9.53 Å². The van der Waals surface area contributed by atoms with Gasteiger partial charge in [0, 0.05) is 21.2 Å². The second kappa shape index (κ2) is 7.50. The van der Waals surface area contributed by atoms with Crippen molar-refractivity contribution in [3.8, 4) is 5.75 Å². The van der Waals surface area contributed by atoms with Gasteiger partial charge >= 0.3 is 0 Å². The number of aryl methyl sites for hydroxylation is 2. The third-order valence-corrected chi connectivity index (χ3v) is 6.28. The van der Waals surface area contributed by atoms with E-state index in [-0.39, 0.29) is 18.0 Å². The minimum absolute atomic E-state index is 0.146. The van der Waals surface area contributed by atoms with Gasteiger partial charge in [-0.15, -0.1) is 11.3 Å². The van der Waals surface area contributed by atoms with E-state index in [2.05, 4.69) is 10.3 Å². The van der Waals surface area contributed by atoms with Crippen LogP contribution in [0.2, 0.25) is 5.02 Å². The molecular weight excluding hydrogens is 410 g/mol. The lowest BCUT2D eigenvalue weighted by Crippen LogP contribution is -2.29. The molecule has 2 aromatic carbocycles. The van der Waals surface area contributed by atoms with E-state index < -0.39 is 0 Å². The number of thiophene rings is 1. The van der Waals surface area contributed by atoms with E-state index in [9.17, 15) is 9.59 Å². The first-order valence-corrected chi connectivity index (χ1v) is 10.1. The molecule has 6 nitrogen and oxygen atoms in total. The second-order valence-corrected chi connectivity index (χ2v) is 8.14. The largest absolute Gasteiger partial charge is 0.495 e. The van der Waals surface area contributed by atoms with E-state index in [0.717, 1.165) is 15.6 Å². The van der Waals surface area contributed by atoms with Gasteiger partial charge in [-0.05, 0) is 31.5 Å². The van der Waals surface area contributed by atoms with E-state index in [4.69, 9.17) is 16.3 Å². The van der Waals surface area contributed by atoms with Gasteiger partial charge in [0.05, 0.1) is 18.3 Å². The number of anilines is 1. The van der Waals surface area contributed by atoms with Gasteiger partial charge < -0.3 is 10.1 Å². The highest BCUT2D eigenvalue weighted by Gasteiger charge is 2.17. The number of amides is 1. The third kappa shape index (κ3) is 3.47. The molecule has 0 atom stereocenters. The number of carbonyl (C=O) groups is 1. The topological polar surface area (TPSA) is 73.2 Å². The summed E-state index contributed by atoms with van der Waals surface area (Å²) in [5.74, 6) is 0.592. The number of benzene rings is 2. The van der Waals surface area contributed by atoms with Crippen molar-refractivity contribution in [3.05, 3.63) is 63.2 Å². The summed E-state index contributed by atoms with van der Waals surface area (Å²) in [4.78, 5) is 30.3. The number of methoxy groups -OCH3 is 1. The van der Waals surface area contributed by atoms with E-state index in [1.165, 1.54) is 23.0 Å². The number of rotatable bonds is 4. The van der Waals surface area contributed by atoms with Crippen LogP contribution in [-0.2, 0) is 11.3 Å². The van der Waals surface area contributed by atoms with E-state index in [0.29, 0.717) is 32.5 Å². The molecule has 0 fully saturated rings. The SMILES string of the molecule is COc1cc(Cl)c(C)cc1NC(=O)Cn1c(C)nc2c(sc3ccccc32)c1=O. The van der Waals surface area contributed by atoms with Gasteiger partial charge in [-0.3, -0.25) is 14.2 Å². The number of hydrogen-bond donors (Lipinski definition) is 1. The smallest absolute Gasteiger partial charge is 0.272 e. The molecule has 2 aromatic heterocycles. The fraction of sp³-hybridized carbons (Fsp3) is 0.190. The number of ether oxygens (including phenoxy) is 1. The molecule has 0 bridgehead atoms. The molecule has 0 unspecified atom stereocenters. The van der Waals surface area contributed by atoms with Crippen LogP contribution in [0.3, 0.4) is 0 Å². The predicted molar refractivity (Wildman–Crippen MR) is 117 cm³/mol. The molecule has 4 rings (SSSR count). The molecule has 148 valence electrons. The molecule has 0 saturated carbocycles. The molecule has 4 aromatic rings. The minimum Gasteiger partial charge on any atom is -0.495 e. The number of nitrogens with zero attached hydrogens (tertiary/aromatic N) is 2. The standard InChI is InChI=1S/C21H18ClN3O3S/c1-11-8-15(16(28-3)9-14(11)22)24-18(26)10-25-12(2)23-19-13-6-4-5-7-17(13)29-20(19)21(25)27/h4-9H,10H2,1-3H3,(H,24,26).